The van der Waals surface area contributed by atoms with Gasteiger partial charge >= 0.3 is 0 Å². The number of H-pyrrole nitrogens is 2. The van der Waals surface area contributed by atoms with Crippen molar-refractivity contribution in [2.75, 3.05) is 14.1 Å². The molecule has 11 heavy (non-hydrogen) atoms. The molecule has 0 spiro atoms. The molecule has 0 unspecified atom stereocenters. The molecule has 60 valence electrons. The van der Waals surface area contributed by atoms with Gasteiger partial charge in [-0.2, -0.15) is 0 Å². The molecule has 5 heteroatoms. The number of carbonyl (C=O) groups is 1. The zero-order chi connectivity index (χ0) is 8.43. The van der Waals surface area contributed by atoms with E-state index in [4.69, 9.17) is 12.2 Å². The molecule has 0 aliphatic heterocycles. The Morgan fingerprint density at radius 1 is 1.64 bits per heavy atom. The van der Waals surface area contributed by atoms with E-state index in [0.717, 1.165) is 0 Å². The monoisotopic (exact) mass is 171 g/mol. The second kappa shape index (κ2) is 2.87. The predicted octanol–water partition coefficient (Wildman–Crippen LogP) is 0.774. The van der Waals surface area contributed by atoms with Gasteiger partial charge in [-0.1, -0.05) is 0 Å². The molecule has 0 fully saturated rings. The summed E-state index contributed by atoms with van der Waals surface area (Å²) in [6.45, 7) is 0. The molecule has 0 saturated carbocycles. The maximum atomic E-state index is 11.2. The molecule has 0 aliphatic rings. The summed E-state index contributed by atoms with van der Waals surface area (Å²) in [4.78, 5) is 18.1. The lowest BCUT2D eigenvalue weighted by Crippen LogP contribution is -2.21. The highest BCUT2D eigenvalue weighted by Crippen LogP contribution is 1.95. The van der Waals surface area contributed by atoms with E-state index in [1.54, 1.807) is 20.3 Å². The van der Waals surface area contributed by atoms with Crippen LogP contribution in [0, 0.1) is 4.77 Å². The number of aromatic amines is 2. The Labute approximate surface area is 69.2 Å². The largest absolute Gasteiger partial charge is 0.343 e. The number of hydrogen-bond acceptors (Lipinski definition) is 2. The number of rotatable bonds is 1. The third-order valence-electron chi connectivity index (χ3n) is 1.23. The molecule has 0 aliphatic carbocycles. The lowest BCUT2D eigenvalue weighted by molar-refractivity contribution is 0.0822. The highest BCUT2D eigenvalue weighted by molar-refractivity contribution is 7.71. The van der Waals surface area contributed by atoms with Crippen LogP contribution in [0.2, 0.25) is 0 Å². The lowest BCUT2D eigenvalue weighted by atomic mass is 10.4. The Hall–Kier alpha value is -1.10. The van der Waals surface area contributed by atoms with Crippen molar-refractivity contribution < 1.29 is 4.79 Å². The number of hydrogen-bond donors (Lipinski definition) is 2. The molecular weight excluding hydrogens is 162 g/mol. The number of aromatic nitrogens is 2. The van der Waals surface area contributed by atoms with Gasteiger partial charge in [0.25, 0.3) is 5.91 Å². The van der Waals surface area contributed by atoms with Gasteiger partial charge in [-0.15, -0.1) is 0 Å². The fourth-order valence-corrected chi connectivity index (χ4v) is 0.857. The average molecular weight is 171 g/mol. The SMILES string of the molecule is CN(C)C(=O)c1c[nH]c(=S)[nH]1. The molecule has 1 heterocycles. The van der Waals surface area contributed by atoms with Gasteiger partial charge in [-0.3, -0.25) is 4.79 Å². The molecule has 0 bridgehead atoms. The van der Waals surface area contributed by atoms with Crippen LogP contribution in [0.25, 0.3) is 0 Å². The number of carbonyl (C=O) groups excluding carboxylic acids is 1. The zero-order valence-electron chi connectivity index (χ0n) is 6.34. The Kier molecular flexibility index (Phi) is 2.09. The van der Waals surface area contributed by atoms with E-state index >= 15 is 0 Å². The van der Waals surface area contributed by atoms with E-state index in [9.17, 15) is 4.79 Å². The minimum absolute atomic E-state index is 0.0858. The average Bonchev–Trinajstić information content (AvgIpc) is 2.34. The van der Waals surface area contributed by atoms with Crippen molar-refractivity contribution in [1.82, 2.24) is 14.9 Å². The second-order valence-corrected chi connectivity index (χ2v) is 2.76. The van der Waals surface area contributed by atoms with Gasteiger partial charge in [0.2, 0.25) is 0 Å². The molecule has 4 nitrogen and oxygen atoms in total. The van der Waals surface area contributed by atoms with Crippen LogP contribution >= 0.6 is 12.2 Å². The predicted molar refractivity (Wildman–Crippen MR) is 44.0 cm³/mol. The Morgan fingerprint density at radius 3 is 2.64 bits per heavy atom. The topological polar surface area (TPSA) is 51.9 Å². The first-order valence-corrected chi connectivity index (χ1v) is 3.51. The van der Waals surface area contributed by atoms with Crippen LogP contribution in [0.5, 0.6) is 0 Å². The second-order valence-electron chi connectivity index (χ2n) is 2.36. The zero-order valence-corrected chi connectivity index (χ0v) is 7.16. The van der Waals surface area contributed by atoms with Crippen LogP contribution in [-0.2, 0) is 0 Å². The molecule has 1 amide bonds. The fourth-order valence-electron chi connectivity index (χ4n) is 0.688. The Balaban J connectivity index is 2.94. The summed E-state index contributed by atoms with van der Waals surface area (Å²) in [5.74, 6) is -0.0858. The number of nitrogens with zero attached hydrogens (tertiary/aromatic N) is 1. The van der Waals surface area contributed by atoms with E-state index in [1.165, 1.54) is 4.90 Å². The van der Waals surface area contributed by atoms with Crippen LogP contribution in [0.3, 0.4) is 0 Å². The van der Waals surface area contributed by atoms with Gasteiger partial charge < -0.3 is 14.9 Å². The summed E-state index contributed by atoms with van der Waals surface area (Å²) in [5, 5.41) is 0. The molecule has 0 aromatic carbocycles. The highest BCUT2D eigenvalue weighted by Gasteiger charge is 2.07. The summed E-state index contributed by atoms with van der Waals surface area (Å²) in [6.07, 6.45) is 1.56. The summed E-state index contributed by atoms with van der Waals surface area (Å²) in [7, 11) is 3.37. The smallest absolute Gasteiger partial charge is 0.271 e. The van der Waals surface area contributed by atoms with E-state index < -0.39 is 0 Å². The minimum atomic E-state index is -0.0858. The molecule has 2 N–H and O–H groups in total. The molecule has 0 radical (unpaired) electrons. The standard InChI is InChI=1S/C6H9N3OS/c1-9(2)5(10)4-3-7-6(11)8-4/h3H,1-2H3,(H2,7,8,11). The number of imidazole rings is 1. The van der Waals surface area contributed by atoms with Crippen molar-refractivity contribution in [2.24, 2.45) is 0 Å². The fraction of sp³-hybridized carbons (Fsp3) is 0.333. The molecule has 0 atom stereocenters. The van der Waals surface area contributed by atoms with Crippen LogP contribution < -0.4 is 0 Å². The molecular formula is C6H9N3OS. The lowest BCUT2D eigenvalue weighted by Gasteiger charge is -2.06. The van der Waals surface area contributed by atoms with Crippen molar-refractivity contribution in [2.45, 2.75) is 0 Å². The number of amides is 1. The van der Waals surface area contributed by atoms with Gasteiger partial charge in [0.05, 0.1) is 0 Å². The van der Waals surface area contributed by atoms with E-state index in [0.29, 0.717) is 10.5 Å². The van der Waals surface area contributed by atoms with Crippen molar-refractivity contribution in [3.63, 3.8) is 0 Å². The Bertz CT molecular complexity index is 312. The van der Waals surface area contributed by atoms with Crippen molar-refractivity contribution in [3.8, 4) is 0 Å². The van der Waals surface area contributed by atoms with Crippen LogP contribution in [0.1, 0.15) is 10.5 Å². The normalized spacial score (nSPS) is 9.64. The molecule has 0 saturated heterocycles. The van der Waals surface area contributed by atoms with Gasteiger partial charge in [0.1, 0.15) is 5.69 Å². The molecule has 1 rings (SSSR count). The molecule has 1 aromatic rings. The van der Waals surface area contributed by atoms with Crippen molar-refractivity contribution >= 4 is 18.1 Å². The third kappa shape index (κ3) is 1.68. The third-order valence-corrected chi connectivity index (χ3v) is 1.45. The first-order valence-electron chi connectivity index (χ1n) is 3.10. The van der Waals surface area contributed by atoms with E-state index in [1.807, 2.05) is 0 Å². The summed E-state index contributed by atoms with van der Waals surface area (Å²) < 4.78 is 0.468. The number of nitrogens with one attached hydrogen (secondary N) is 2. The first kappa shape index (κ1) is 8.00. The van der Waals surface area contributed by atoms with Gasteiger partial charge in [0.15, 0.2) is 4.77 Å². The highest BCUT2D eigenvalue weighted by atomic mass is 32.1. The minimum Gasteiger partial charge on any atom is -0.343 e. The maximum absolute atomic E-state index is 11.2. The van der Waals surface area contributed by atoms with E-state index in [2.05, 4.69) is 9.97 Å². The van der Waals surface area contributed by atoms with Gasteiger partial charge in [0, 0.05) is 20.3 Å². The summed E-state index contributed by atoms with van der Waals surface area (Å²) >= 11 is 4.76. The van der Waals surface area contributed by atoms with Crippen LogP contribution in [-0.4, -0.2) is 34.9 Å². The molecule has 1 aromatic heterocycles. The van der Waals surface area contributed by atoms with Crippen molar-refractivity contribution in [1.29, 1.82) is 0 Å². The maximum Gasteiger partial charge on any atom is 0.271 e. The summed E-state index contributed by atoms with van der Waals surface area (Å²) in [6, 6.07) is 0. The van der Waals surface area contributed by atoms with Crippen molar-refractivity contribution in [3.05, 3.63) is 16.7 Å². The van der Waals surface area contributed by atoms with Gasteiger partial charge in [-0.05, 0) is 12.2 Å². The van der Waals surface area contributed by atoms with E-state index in [-0.39, 0.29) is 5.91 Å². The summed E-state index contributed by atoms with van der Waals surface area (Å²) in [5.41, 5.74) is 0.486. The first-order chi connectivity index (χ1) is 5.11. The quantitative estimate of drug-likeness (QED) is 0.613. The van der Waals surface area contributed by atoms with Gasteiger partial charge in [-0.25, -0.2) is 0 Å². The Morgan fingerprint density at radius 2 is 2.27 bits per heavy atom. The van der Waals surface area contributed by atoms with Crippen LogP contribution in [0.15, 0.2) is 6.20 Å². The van der Waals surface area contributed by atoms with Crippen LogP contribution in [0.4, 0.5) is 0 Å².